The van der Waals surface area contributed by atoms with E-state index in [1.807, 2.05) is 30.3 Å². The number of benzene rings is 2. The van der Waals surface area contributed by atoms with Crippen molar-refractivity contribution in [3.05, 3.63) is 71.5 Å². The molecule has 0 spiro atoms. The van der Waals surface area contributed by atoms with Crippen LogP contribution in [0.1, 0.15) is 11.1 Å². The van der Waals surface area contributed by atoms with Crippen LogP contribution in [0.2, 0.25) is 0 Å². The van der Waals surface area contributed by atoms with Crippen molar-refractivity contribution in [2.24, 2.45) is 0 Å². The summed E-state index contributed by atoms with van der Waals surface area (Å²) in [6.45, 7) is 1.14. The standard InChI is InChI=1S/C16H19FN2O2S/c17-16-8-6-15(7-9-16)12-18-10-11-22(20,21)19-13-14-4-2-1-3-5-14/h1-9,18-19H,10-13H2. The maximum absolute atomic E-state index is 12.7. The Morgan fingerprint density at radius 2 is 1.50 bits per heavy atom. The maximum Gasteiger partial charge on any atom is 0.213 e. The van der Waals surface area contributed by atoms with Crippen LogP contribution in [-0.2, 0) is 23.1 Å². The molecule has 2 aromatic carbocycles. The van der Waals surface area contributed by atoms with Gasteiger partial charge in [0.15, 0.2) is 0 Å². The number of sulfonamides is 1. The van der Waals surface area contributed by atoms with Crippen molar-refractivity contribution in [1.29, 1.82) is 0 Å². The molecule has 0 saturated heterocycles. The first-order valence-electron chi connectivity index (χ1n) is 7.01. The molecule has 0 aliphatic rings. The second-order valence-corrected chi connectivity index (χ2v) is 6.86. The molecular formula is C16H19FN2O2S. The molecule has 0 radical (unpaired) electrons. The zero-order valence-electron chi connectivity index (χ0n) is 12.1. The molecule has 22 heavy (non-hydrogen) atoms. The molecule has 0 amide bonds. The summed E-state index contributed by atoms with van der Waals surface area (Å²) >= 11 is 0. The van der Waals surface area contributed by atoms with Crippen LogP contribution in [0.15, 0.2) is 54.6 Å². The summed E-state index contributed by atoms with van der Waals surface area (Å²) in [4.78, 5) is 0. The zero-order chi connectivity index (χ0) is 15.8. The van der Waals surface area contributed by atoms with Gasteiger partial charge in [0.05, 0.1) is 5.75 Å². The first-order chi connectivity index (χ1) is 10.6. The van der Waals surface area contributed by atoms with Crippen LogP contribution in [0.4, 0.5) is 4.39 Å². The lowest BCUT2D eigenvalue weighted by Crippen LogP contribution is -2.31. The summed E-state index contributed by atoms with van der Waals surface area (Å²) in [6, 6.07) is 15.5. The fourth-order valence-electron chi connectivity index (χ4n) is 1.90. The Labute approximate surface area is 130 Å². The Hall–Kier alpha value is -1.76. The summed E-state index contributed by atoms with van der Waals surface area (Å²) in [5.74, 6) is -0.280. The molecule has 0 aromatic heterocycles. The quantitative estimate of drug-likeness (QED) is 0.731. The van der Waals surface area contributed by atoms with Gasteiger partial charge in [0.1, 0.15) is 5.82 Å². The van der Waals surface area contributed by atoms with Crippen molar-refractivity contribution < 1.29 is 12.8 Å². The van der Waals surface area contributed by atoms with E-state index in [0.29, 0.717) is 19.6 Å². The predicted molar refractivity (Wildman–Crippen MR) is 85.2 cm³/mol. The minimum absolute atomic E-state index is 0.00102. The molecule has 4 nitrogen and oxygen atoms in total. The lowest BCUT2D eigenvalue weighted by atomic mass is 10.2. The molecule has 0 saturated carbocycles. The molecule has 2 rings (SSSR count). The predicted octanol–water partition coefficient (Wildman–Crippen LogP) is 2.03. The normalized spacial score (nSPS) is 11.5. The summed E-state index contributed by atoms with van der Waals surface area (Å²) in [7, 11) is -3.31. The highest BCUT2D eigenvalue weighted by Gasteiger charge is 2.09. The van der Waals surface area contributed by atoms with Gasteiger partial charge in [-0.05, 0) is 23.3 Å². The van der Waals surface area contributed by atoms with Gasteiger partial charge >= 0.3 is 0 Å². The molecule has 0 aliphatic carbocycles. The maximum atomic E-state index is 12.7. The van der Waals surface area contributed by atoms with E-state index in [1.54, 1.807) is 12.1 Å². The van der Waals surface area contributed by atoms with Crippen LogP contribution in [0.3, 0.4) is 0 Å². The third kappa shape index (κ3) is 5.93. The van der Waals surface area contributed by atoms with Crippen LogP contribution >= 0.6 is 0 Å². The third-order valence-electron chi connectivity index (χ3n) is 3.13. The van der Waals surface area contributed by atoms with Gasteiger partial charge < -0.3 is 5.32 Å². The van der Waals surface area contributed by atoms with E-state index in [0.717, 1.165) is 11.1 Å². The monoisotopic (exact) mass is 322 g/mol. The van der Waals surface area contributed by atoms with Crippen LogP contribution in [0, 0.1) is 5.82 Å². The molecule has 0 fully saturated rings. The third-order valence-corrected chi connectivity index (χ3v) is 4.45. The molecular weight excluding hydrogens is 303 g/mol. The van der Waals surface area contributed by atoms with Crippen LogP contribution < -0.4 is 10.0 Å². The van der Waals surface area contributed by atoms with Crippen molar-refractivity contribution in [2.75, 3.05) is 12.3 Å². The van der Waals surface area contributed by atoms with Crippen LogP contribution in [0.25, 0.3) is 0 Å². The number of hydrogen-bond acceptors (Lipinski definition) is 3. The zero-order valence-corrected chi connectivity index (χ0v) is 12.9. The van der Waals surface area contributed by atoms with Crippen molar-refractivity contribution in [3.8, 4) is 0 Å². The highest BCUT2D eigenvalue weighted by Crippen LogP contribution is 2.02. The van der Waals surface area contributed by atoms with Gasteiger partial charge in [-0.1, -0.05) is 42.5 Å². The lowest BCUT2D eigenvalue weighted by molar-refractivity contribution is 0.576. The van der Waals surface area contributed by atoms with Crippen molar-refractivity contribution in [2.45, 2.75) is 13.1 Å². The Kier molecular flexibility index (Phi) is 6.06. The molecule has 0 unspecified atom stereocenters. The largest absolute Gasteiger partial charge is 0.312 e. The summed E-state index contributed by atoms with van der Waals surface area (Å²) < 4.78 is 39.0. The van der Waals surface area contributed by atoms with Gasteiger partial charge in [0.2, 0.25) is 10.0 Å². The Morgan fingerprint density at radius 1 is 0.864 bits per heavy atom. The lowest BCUT2D eigenvalue weighted by Gasteiger charge is -2.08. The Bertz CT molecular complexity index is 673. The number of nitrogens with one attached hydrogen (secondary N) is 2. The van der Waals surface area contributed by atoms with E-state index >= 15 is 0 Å². The Morgan fingerprint density at radius 3 is 2.18 bits per heavy atom. The molecule has 2 aromatic rings. The van der Waals surface area contributed by atoms with Crippen molar-refractivity contribution in [3.63, 3.8) is 0 Å². The van der Waals surface area contributed by atoms with Crippen molar-refractivity contribution >= 4 is 10.0 Å². The van der Waals surface area contributed by atoms with E-state index in [-0.39, 0.29) is 11.6 Å². The van der Waals surface area contributed by atoms with Crippen LogP contribution in [0.5, 0.6) is 0 Å². The fourth-order valence-corrected chi connectivity index (χ4v) is 2.85. The average molecular weight is 322 g/mol. The minimum atomic E-state index is -3.31. The molecule has 6 heteroatoms. The second-order valence-electron chi connectivity index (χ2n) is 4.93. The highest BCUT2D eigenvalue weighted by molar-refractivity contribution is 7.89. The topological polar surface area (TPSA) is 58.2 Å². The van der Waals surface area contributed by atoms with E-state index in [2.05, 4.69) is 10.0 Å². The van der Waals surface area contributed by atoms with Gasteiger partial charge in [-0.15, -0.1) is 0 Å². The second kappa shape index (κ2) is 8.03. The summed E-state index contributed by atoms with van der Waals surface area (Å²) in [5.41, 5.74) is 1.83. The highest BCUT2D eigenvalue weighted by atomic mass is 32.2. The molecule has 0 heterocycles. The van der Waals surface area contributed by atoms with Gasteiger partial charge in [0.25, 0.3) is 0 Å². The Balaban J connectivity index is 1.70. The van der Waals surface area contributed by atoms with Gasteiger partial charge in [-0.25, -0.2) is 17.5 Å². The van der Waals surface area contributed by atoms with Crippen LogP contribution in [-0.4, -0.2) is 20.7 Å². The van der Waals surface area contributed by atoms with E-state index in [4.69, 9.17) is 0 Å². The van der Waals surface area contributed by atoms with Gasteiger partial charge in [-0.3, -0.25) is 0 Å². The molecule has 0 bridgehead atoms. The van der Waals surface area contributed by atoms with E-state index in [9.17, 15) is 12.8 Å². The first-order valence-corrected chi connectivity index (χ1v) is 8.67. The summed E-state index contributed by atoms with van der Waals surface area (Å²) in [5, 5.41) is 3.03. The van der Waals surface area contributed by atoms with Gasteiger partial charge in [0, 0.05) is 19.6 Å². The molecule has 0 atom stereocenters. The number of halogens is 1. The summed E-state index contributed by atoms with van der Waals surface area (Å²) in [6.07, 6.45) is 0. The smallest absolute Gasteiger partial charge is 0.213 e. The first kappa shape index (κ1) is 16.6. The SMILES string of the molecule is O=S(=O)(CCNCc1ccc(F)cc1)NCc1ccccc1. The van der Waals surface area contributed by atoms with Gasteiger partial charge in [-0.2, -0.15) is 0 Å². The van der Waals surface area contributed by atoms with E-state index in [1.165, 1.54) is 12.1 Å². The molecule has 118 valence electrons. The molecule has 0 aliphatic heterocycles. The minimum Gasteiger partial charge on any atom is -0.312 e. The number of rotatable bonds is 8. The fraction of sp³-hybridized carbons (Fsp3) is 0.250. The molecule has 2 N–H and O–H groups in total. The van der Waals surface area contributed by atoms with E-state index < -0.39 is 10.0 Å². The average Bonchev–Trinajstić information content (AvgIpc) is 2.52. The van der Waals surface area contributed by atoms with Crippen molar-refractivity contribution in [1.82, 2.24) is 10.0 Å². The number of hydrogen-bond donors (Lipinski definition) is 2.